The predicted octanol–water partition coefficient (Wildman–Crippen LogP) is 3.54. The molecule has 0 bridgehead atoms. The summed E-state index contributed by atoms with van der Waals surface area (Å²) in [4.78, 5) is 23.9. The zero-order chi connectivity index (χ0) is 17.7. The smallest absolute Gasteiger partial charge is 0.265 e. The Kier molecular flexibility index (Phi) is 5.82. The van der Waals surface area contributed by atoms with Crippen LogP contribution < -0.4 is 15.8 Å². The van der Waals surface area contributed by atoms with Crippen LogP contribution in [0.25, 0.3) is 0 Å². The Morgan fingerprint density at radius 1 is 1.25 bits per heavy atom. The highest BCUT2D eigenvalue weighted by Gasteiger charge is 2.20. The minimum Gasteiger partial charge on any atom is -0.481 e. The number of hydrogen-bond acceptors (Lipinski definition) is 3. The lowest BCUT2D eigenvalue weighted by Gasteiger charge is -2.18. The summed E-state index contributed by atoms with van der Waals surface area (Å²) >= 11 is 5.99. The van der Waals surface area contributed by atoms with Crippen LogP contribution in [0.2, 0.25) is 5.02 Å². The standard InChI is InChI=1S/C18H19ClN2O3/c1-3-16(24-12-8-9-14(19)11(2)10-12)18(23)21-15-7-5-4-6-13(15)17(20)22/h4-10,16H,3H2,1-2H3,(H2,20,22)(H,21,23)/t16-/m0/s1. The van der Waals surface area contributed by atoms with Gasteiger partial charge >= 0.3 is 0 Å². The maximum absolute atomic E-state index is 12.5. The van der Waals surface area contributed by atoms with Gasteiger partial charge in [-0.3, -0.25) is 9.59 Å². The van der Waals surface area contributed by atoms with Crippen molar-refractivity contribution >= 4 is 29.1 Å². The van der Waals surface area contributed by atoms with Crippen LogP contribution in [-0.2, 0) is 4.79 Å². The van der Waals surface area contributed by atoms with E-state index in [0.29, 0.717) is 22.9 Å². The first-order valence-electron chi connectivity index (χ1n) is 7.55. The minimum atomic E-state index is -0.702. The molecule has 0 fully saturated rings. The Hall–Kier alpha value is -2.53. The Morgan fingerprint density at radius 3 is 2.58 bits per heavy atom. The van der Waals surface area contributed by atoms with Gasteiger partial charge in [0.2, 0.25) is 0 Å². The molecule has 0 aliphatic heterocycles. The fourth-order valence-electron chi connectivity index (χ4n) is 2.20. The SMILES string of the molecule is CC[C@H](Oc1ccc(Cl)c(C)c1)C(=O)Nc1ccccc1C(N)=O. The first-order chi connectivity index (χ1) is 11.4. The number of anilines is 1. The van der Waals surface area contributed by atoms with Crippen molar-refractivity contribution in [1.82, 2.24) is 0 Å². The van der Waals surface area contributed by atoms with Gasteiger partial charge in [0.25, 0.3) is 11.8 Å². The quantitative estimate of drug-likeness (QED) is 0.839. The zero-order valence-electron chi connectivity index (χ0n) is 13.5. The number of primary amides is 1. The van der Waals surface area contributed by atoms with E-state index in [9.17, 15) is 9.59 Å². The lowest BCUT2D eigenvalue weighted by molar-refractivity contribution is -0.122. The molecule has 2 amide bonds. The molecule has 24 heavy (non-hydrogen) atoms. The fraction of sp³-hybridized carbons (Fsp3) is 0.222. The van der Waals surface area contributed by atoms with Gasteiger partial charge in [0.15, 0.2) is 6.10 Å². The molecule has 6 heteroatoms. The van der Waals surface area contributed by atoms with Gasteiger partial charge in [0, 0.05) is 5.02 Å². The number of nitrogens with one attached hydrogen (secondary N) is 1. The molecule has 0 saturated carbocycles. The van der Waals surface area contributed by atoms with Crippen molar-refractivity contribution in [3.05, 3.63) is 58.6 Å². The molecule has 5 nitrogen and oxygen atoms in total. The Bertz CT molecular complexity index is 762. The van der Waals surface area contributed by atoms with Crippen molar-refractivity contribution in [2.24, 2.45) is 5.73 Å². The van der Waals surface area contributed by atoms with Crippen molar-refractivity contribution < 1.29 is 14.3 Å². The van der Waals surface area contributed by atoms with Crippen LogP contribution in [0.15, 0.2) is 42.5 Å². The van der Waals surface area contributed by atoms with Crippen LogP contribution in [0.4, 0.5) is 5.69 Å². The number of halogens is 1. The Labute approximate surface area is 145 Å². The van der Waals surface area contributed by atoms with E-state index < -0.39 is 12.0 Å². The van der Waals surface area contributed by atoms with Crippen LogP contribution >= 0.6 is 11.6 Å². The molecule has 0 saturated heterocycles. The summed E-state index contributed by atoms with van der Waals surface area (Å²) in [6.07, 6.45) is -0.238. The third kappa shape index (κ3) is 4.26. The summed E-state index contributed by atoms with van der Waals surface area (Å²) in [6, 6.07) is 11.8. The summed E-state index contributed by atoms with van der Waals surface area (Å²) in [7, 11) is 0. The van der Waals surface area contributed by atoms with E-state index >= 15 is 0 Å². The molecule has 2 aromatic carbocycles. The van der Waals surface area contributed by atoms with E-state index in [1.807, 2.05) is 13.8 Å². The third-order valence-electron chi connectivity index (χ3n) is 3.52. The van der Waals surface area contributed by atoms with Crippen LogP contribution in [0.5, 0.6) is 5.75 Å². The highest BCUT2D eigenvalue weighted by molar-refractivity contribution is 6.31. The molecule has 0 aromatic heterocycles. The van der Waals surface area contributed by atoms with Crippen molar-refractivity contribution in [3.8, 4) is 5.75 Å². The third-order valence-corrected chi connectivity index (χ3v) is 3.95. The normalized spacial score (nSPS) is 11.6. The molecule has 1 atom stereocenters. The number of carbonyl (C=O) groups excluding carboxylic acids is 2. The molecule has 0 heterocycles. The van der Waals surface area contributed by atoms with E-state index in [4.69, 9.17) is 22.1 Å². The number of para-hydroxylation sites is 1. The van der Waals surface area contributed by atoms with E-state index in [1.54, 1.807) is 42.5 Å². The highest BCUT2D eigenvalue weighted by Crippen LogP contribution is 2.23. The average molecular weight is 347 g/mol. The van der Waals surface area contributed by atoms with Crippen molar-refractivity contribution in [1.29, 1.82) is 0 Å². The molecule has 2 aromatic rings. The van der Waals surface area contributed by atoms with Gasteiger partial charge in [-0.2, -0.15) is 0 Å². The predicted molar refractivity (Wildman–Crippen MR) is 94.5 cm³/mol. The molecule has 0 unspecified atom stereocenters. The van der Waals surface area contributed by atoms with Crippen LogP contribution in [-0.4, -0.2) is 17.9 Å². The van der Waals surface area contributed by atoms with Gasteiger partial charge in [-0.25, -0.2) is 0 Å². The van der Waals surface area contributed by atoms with Gasteiger partial charge in [-0.1, -0.05) is 30.7 Å². The molecule has 0 spiro atoms. The van der Waals surface area contributed by atoms with Gasteiger partial charge in [0.1, 0.15) is 5.75 Å². The lowest BCUT2D eigenvalue weighted by Crippen LogP contribution is -2.33. The van der Waals surface area contributed by atoms with Gasteiger partial charge in [-0.05, 0) is 49.2 Å². The van der Waals surface area contributed by atoms with E-state index in [2.05, 4.69) is 5.32 Å². The van der Waals surface area contributed by atoms with Crippen molar-refractivity contribution in [2.75, 3.05) is 5.32 Å². The molecule has 0 aliphatic rings. The maximum Gasteiger partial charge on any atom is 0.265 e. The molecular weight excluding hydrogens is 328 g/mol. The topological polar surface area (TPSA) is 81.4 Å². The molecule has 126 valence electrons. The van der Waals surface area contributed by atoms with Crippen molar-refractivity contribution in [2.45, 2.75) is 26.4 Å². The lowest BCUT2D eigenvalue weighted by atomic mass is 10.1. The second-order valence-electron chi connectivity index (χ2n) is 5.32. The number of hydrogen-bond donors (Lipinski definition) is 2. The molecule has 0 radical (unpaired) electrons. The fourth-order valence-corrected chi connectivity index (χ4v) is 2.31. The summed E-state index contributed by atoms with van der Waals surface area (Å²) in [5.74, 6) is -0.394. The summed E-state index contributed by atoms with van der Waals surface area (Å²) in [6.45, 7) is 3.70. The van der Waals surface area contributed by atoms with Crippen LogP contribution in [0.1, 0.15) is 29.3 Å². The second-order valence-corrected chi connectivity index (χ2v) is 5.73. The number of benzene rings is 2. The maximum atomic E-state index is 12.5. The van der Waals surface area contributed by atoms with Crippen LogP contribution in [0.3, 0.4) is 0 Å². The Morgan fingerprint density at radius 2 is 1.96 bits per heavy atom. The van der Waals surface area contributed by atoms with Crippen molar-refractivity contribution in [3.63, 3.8) is 0 Å². The first-order valence-corrected chi connectivity index (χ1v) is 7.92. The monoisotopic (exact) mass is 346 g/mol. The molecular formula is C18H19ClN2O3. The first kappa shape index (κ1) is 17.8. The summed E-state index contributed by atoms with van der Waals surface area (Å²) in [5.41, 5.74) is 6.80. The molecule has 0 aliphatic carbocycles. The average Bonchev–Trinajstić information content (AvgIpc) is 2.56. The van der Waals surface area contributed by atoms with Gasteiger partial charge < -0.3 is 15.8 Å². The number of amides is 2. The minimum absolute atomic E-state index is 0.253. The van der Waals surface area contributed by atoms with Gasteiger partial charge in [0.05, 0.1) is 11.3 Å². The zero-order valence-corrected chi connectivity index (χ0v) is 14.3. The highest BCUT2D eigenvalue weighted by atomic mass is 35.5. The molecule has 3 N–H and O–H groups in total. The summed E-state index contributed by atoms with van der Waals surface area (Å²) < 4.78 is 5.75. The van der Waals surface area contributed by atoms with Gasteiger partial charge in [-0.15, -0.1) is 0 Å². The number of ether oxygens (including phenoxy) is 1. The number of nitrogens with two attached hydrogens (primary N) is 1. The largest absolute Gasteiger partial charge is 0.481 e. The number of carbonyl (C=O) groups is 2. The van der Waals surface area contributed by atoms with Crippen LogP contribution in [0, 0.1) is 6.92 Å². The summed E-state index contributed by atoms with van der Waals surface area (Å²) in [5, 5.41) is 3.33. The Balaban J connectivity index is 2.14. The van der Waals surface area contributed by atoms with E-state index in [1.165, 1.54) is 0 Å². The second kappa shape index (κ2) is 7.84. The molecule has 2 rings (SSSR count). The number of rotatable bonds is 6. The van der Waals surface area contributed by atoms with E-state index in [-0.39, 0.29) is 11.5 Å². The van der Waals surface area contributed by atoms with E-state index in [0.717, 1.165) is 5.56 Å². The number of aryl methyl sites for hydroxylation is 1.